The van der Waals surface area contributed by atoms with Crippen LogP contribution in [0, 0.1) is 5.41 Å². The molecule has 1 saturated carbocycles. The molecule has 0 bridgehead atoms. The monoisotopic (exact) mass is 238 g/mol. The first-order chi connectivity index (χ1) is 8.10. The highest BCUT2D eigenvalue weighted by Crippen LogP contribution is 2.40. The van der Waals surface area contributed by atoms with E-state index < -0.39 is 0 Å². The third-order valence-electron chi connectivity index (χ3n) is 4.83. The fraction of sp³-hybridized carbons (Fsp3) is 0.929. The quantitative estimate of drug-likeness (QED) is 0.802. The summed E-state index contributed by atoms with van der Waals surface area (Å²) in [5, 5.41) is 0. The molecule has 2 aliphatic rings. The standard InChI is InChI=1S/C14H26N2O/c1-11-6-5-7-12(2)16(11)13(17)14(10-15)8-3-4-9-14/h11-12H,3-10,15H2,1-2H3/t11-,12+. The number of hydrogen-bond donors (Lipinski definition) is 1. The lowest BCUT2D eigenvalue weighted by atomic mass is 9.82. The van der Waals surface area contributed by atoms with Gasteiger partial charge in [0.1, 0.15) is 0 Å². The van der Waals surface area contributed by atoms with Crippen molar-refractivity contribution in [3.63, 3.8) is 0 Å². The molecule has 2 rings (SSSR count). The van der Waals surface area contributed by atoms with Gasteiger partial charge in [-0.2, -0.15) is 0 Å². The summed E-state index contributed by atoms with van der Waals surface area (Å²) in [4.78, 5) is 15.0. The van der Waals surface area contributed by atoms with Crippen molar-refractivity contribution in [2.24, 2.45) is 11.1 Å². The van der Waals surface area contributed by atoms with Gasteiger partial charge in [-0.15, -0.1) is 0 Å². The zero-order valence-electron chi connectivity index (χ0n) is 11.2. The predicted octanol–water partition coefficient (Wildman–Crippen LogP) is 2.29. The molecule has 1 saturated heterocycles. The van der Waals surface area contributed by atoms with Crippen LogP contribution in [-0.2, 0) is 4.79 Å². The van der Waals surface area contributed by atoms with E-state index >= 15 is 0 Å². The van der Waals surface area contributed by atoms with E-state index in [1.54, 1.807) is 0 Å². The number of likely N-dealkylation sites (tertiary alicyclic amines) is 1. The normalized spacial score (nSPS) is 32.8. The highest BCUT2D eigenvalue weighted by Gasteiger charge is 2.45. The molecule has 1 aliphatic carbocycles. The van der Waals surface area contributed by atoms with Crippen LogP contribution >= 0.6 is 0 Å². The number of nitrogens with zero attached hydrogens (tertiary/aromatic N) is 1. The molecule has 1 heterocycles. The van der Waals surface area contributed by atoms with Gasteiger partial charge in [0.05, 0.1) is 5.41 Å². The zero-order valence-corrected chi connectivity index (χ0v) is 11.2. The molecule has 98 valence electrons. The molecule has 1 amide bonds. The Kier molecular flexibility index (Phi) is 3.76. The largest absolute Gasteiger partial charge is 0.337 e. The lowest BCUT2D eigenvalue weighted by Gasteiger charge is -2.43. The maximum atomic E-state index is 12.8. The second-order valence-corrected chi connectivity index (χ2v) is 6.03. The molecule has 0 aromatic carbocycles. The molecule has 0 unspecified atom stereocenters. The summed E-state index contributed by atoms with van der Waals surface area (Å²) >= 11 is 0. The van der Waals surface area contributed by atoms with Crippen LogP contribution in [0.2, 0.25) is 0 Å². The van der Waals surface area contributed by atoms with E-state index in [1.165, 1.54) is 19.3 Å². The van der Waals surface area contributed by atoms with Gasteiger partial charge < -0.3 is 10.6 Å². The summed E-state index contributed by atoms with van der Waals surface area (Å²) in [6.07, 6.45) is 7.88. The van der Waals surface area contributed by atoms with Crippen LogP contribution in [0.5, 0.6) is 0 Å². The number of hydrogen-bond acceptors (Lipinski definition) is 2. The Morgan fingerprint density at radius 2 is 1.71 bits per heavy atom. The minimum absolute atomic E-state index is 0.222. The number of nitrogens with two attached hydrogens (primary N) is 1. The van der Waals surface area contributed by atoms with E-state index in [-0.39, 0.29) is 5.41 Å². The van der Waals surface area contributed by atoms with Gasteiger partial charge in [0, 0.05) is 18.6 Å². The van der Waals surface area contributed by atoms with Gasteiger partial charge in [-0.3, -0.25) is 4.79 Å². The van der Waals surface area contributed by atoms with Gasteiger partial charge in [0.2, 0.25) is 5.91 Å². The number of carbonyl (C=O) groups excluding carboxylic acids is 1. The Labute approximate surface area is 105 Å². The molecule has 2 N–H and O–H groups in total. The summed E-state index contributed by atoms with van der Waals surface area (Å²) in [6, 6.07) is 0.797. The van der Waals surface area contributed by atoms with Crippen molar-refractivity contribution in [2.45, 2.75) is 70.9 Å². The fourth-order valence-electron chi connectivity index (χ4n) is 3.65. The first-order valence-corrected chi connectivity index (χ1v) is 7.13. The van der Waals surface area contributed by atoms with Crippen molar-refractivity contribution in [2.75, 3.05) is 6.54 Å². The lowest BCUT2D eigenvalue weighted by Crippen LogP contribution is -2.54. The molecule has 17 heavy (non-hydrogen) atoms. The van der Waals surface area contributed by atoms with Crippen molar-refractivity contribution in [3.05, 3.63) is 0 Å². The number of piperidine rings is 1. The SMILES string of the molecule is C[C@@H]1CCC[C@H](C)N1C(=O)C1(CN)CCCC1. The summed E-state index contributed by atoms with van der Waals surface area (Å²) < 4.78 is 0. The Balaban J connectivity index is 2.16. The third-order valence-corrected chi connectivity index (χ3v) is 4.83. The van der Waals surface area contributed by atoms with Crippen LogP contribution in [0.4, 0.5) is 0 Å². The summed E-state index contributed by atoms with van der Waals surface area (Å²) in [5.41, 5.74) is 5.70. The van der Waals surface area contributed by atoms with Crippen LogP contribution in [0.25, 0.3) is 0 Å². The van der Waals surface area contributed by atoms with Crippen molar-refractivity contribution < 1.29 is 4.79 Å². The molecule has 1 aliphatic heterocycles. The van der Waals surface area contributed by atoms with Crippen molar-refractivity contribution >= 4 is 5.91 Å². The Morgan fingerprint density at radius 1 is 1.18 bits per heavy atom. The molecule has 0 spiro atoms. The Morgan fingerprint density at radius 3 is 2.18 bits per heavy atom. The van der Waals surface area contributed by atoms with Crippen LogP contribution in [0.15, 0.2) is 0 Å². The van der Waals surface area contributed by atoms with Gasteiger partial charge in [-0.1, -0.05) is 12.8 Å². The van der Waals surface area contributed by atoms with Crippen molar-refractivity contribution in [1.82, 2.24) is 4.90 Å². The highest BCUT2D eigenvalue weighted by molar-refractivity contribution is 5.84. The number of amides is 1. The lowest BCUT2D eigenvalue weighted by molar-refractivity contribution is -0.147. The maximum Gasteiger partial charge on any atom is 0.230 e. The van der Waals surface area contributed by atoms with Crippen LogP contribution in [-0.4, -0.2) is 29.4 Å². The van der Waals surface area contributed by atoms with Crippen molar-refractivity contribution in [1.29, 1.82) is 0 Å². The van der Waals surface area contributed by atoms with Crippen LogP contribution < -0.4 is 5.73 Å². The number of rotatable bonds is 2. The molecule has 3 heteroatoms. The van der Waals surface area contributed by atoms with E-state index in [0.29, 0.717) is 24.5 Å². The summed E-state index contributed by atoms with van der Waals surface area (Å²) in [7, 11) is 0. The second-order valence-electron chi connectivity index (χ2n) is 6.03. The Hall–Kier alpha value is -0.570. The predicted molar refractivity (Wildman–Crippen MR) is 69.6 cm³/mol. The average Bonchev–Trinajstić information content (AvgIpc) is 2.78. The molecular weight excluding hydrogens is 212 g/mol. The van der Waals surface area contributed by atoms with Crippen LogP contribution in [0.3, 0.4) is 0 Å². The second kappa shape index (κ2) is 4.97. The van der Waals surface area contributed by atoms with Gasteiger partial charge in [0.15, 0.2) is 0 Å². The van der Waals surface area contributed by atoms with E-state index in [1.807, 2.05) is 0 Å². The maximum absolute atomic E-state index is 12.8. The topological polar surface area (TPSA) is 46.3 Å². The Bertz CT molecular complexity index is 274. The minimum atomic E-state index is -0.222. The van der Waals surface area contributed by atoms with Crippen molar-refractivity contribution in [3.8, 4) is 0 Å². The van der Waals surface area contributed by atoms with E-state index in [9.17, 15) is 4.79 Å². The molecule has 0 aromatic heterocycles. The summed E-state index contributed by atoms with van der Waals surface area (Å²) in [5.74, 6) is 0.345. The van der Waals surface area contributed by atoms with E-state index in [4.69, 9.17) is 5.73 Å². The van der Waals surface area contributed by atoms with Gasteiger partial charge in [-0.05, 0) is 46.0 Å². The highest BCUT2D eigenvalue weighted by atomic mass is 16.2. The molecule has 3 nitrogen and oxygen atoms in total. The molecule has 0 aromatic rings. The molecular formula is C14H26N2O. The molecule has 0 radical (unpaired) electrons. The van der Waals surface area contributed by atoms with E-state index in [2.05, 4.69) is 18.7 Å². The van der Waals surface area contributed by atoms with Crippen LogP contribution in [0.1, 0.15) is 58.8 Å². The zero-order chi connectivity index (χ0) is 12.5. The van der Waals surface area contributed by atoms with E-state index in [0.717, 1.165) is 25.7 Å². The minimum Gasteiger partial charge on any atom is -0.337 e. The first-order valence-electron chi connectivity index (χ1n) is 7.13. The fourth-order valence-corrected chi connectivity index (χ4v) is 3.65. The molecule has 2 atom stereocenters. The van der Waals surface area contributed by atoms with Gasteiger partial charge >= 0.3 is 0 Å². The summed E-state index contributed by atoms with van der Waals surface area (Å²) in [6.45, 7) is 4.90. The number of carbonyl (C=O) groups is 1. The molecule has 2 fully saturated rings. The third kappa shape index (κ3) is 2.22. The smallest absolute Gasteiger partial charge is 0.230 e. The van der Waals surface area contributed by atoms with Gasteiger partial charge in [0.25, 0.3) is 0 Å². The average molecular weight is 238 g/mol. The first kappa shape index (κ1) is 12.9. The van der Waals surface area contributed by atoms with Gasteiger partial charge in [-0.25, -0.2) is 0 Å².